The number of hydrogen-bond acceptors (Lipinski definition) is 0. The Morgan fingerprint density at radius 3 is 0.933 bits per heavy atom. The van der Waals surface area contributed by atoms with Crippen LogP contribution in [-0.2, 0) is 0 Å². The first kappa shape index (κ1) is 10.2. The first-order chi connectivity index (χ1) is 7.33. The fraction of sp³-hybridized carbons (Fsp3) is 1.00. The van der Waals surface area contributed by atoms with E-state index in [9.17, 15) is 0 Å². The predicted molar refractivity (Wildman–Crippen MR) is 64.9 cm³/mol. The molecule has 4 aliphatic rings. The van der Waals surface area contributed by atoms with Crippen LogP contribution in [0.1, 0.15) is 83.5 Å². The highest BCUT2D eigenvalue weighted by Gasteiger charge is 2.44. The van der Waals surface area contributed by atoms with Crippen molar-refractivity contribution in [3.05, 3.63) is 0 Å². The van der Waals surface area contributed by atoms with Gasteiger partial charge in [-0.05, 0) is 62.2 Å². The minimum Gasteiger partial charge on any atom is -0.0533 e. The fourth-order valence-corrected chi connectivity index (χ4v) is 3.78. The molecule has 4 saturated carbocycles. The molecule has 0 heterocycles. The second kappa shape index (κ2) is 3.79. The van der Waals surface area contributed by atoms with Crippen LogP contribution < -0.4 is 0 Å². The monoisotopic (exact) mass is 206 g/mol. The maximum absolute atomic E-state index is 1.56. The van der Waals surface area contributed by atoms with Gasteiger partial charge in [-0.2, -0.15) is 0 Å². The standard InChI is InChI=1S/C8H14.C7H12/c1-2-4-8(5-3-1)6-7-8;1-2-4-7(3-1)5-6-7/h1-7H2;1-6H2. The van der Waals surface area contributed by atoms with Crippen LogP contribution in [0.4, 0.5) is 0 Å². The second-order valence-electron chi connectivity index (χ2n) is 6.77. The Kier molecular flexibility index (Phi) is 2.57. The lowest BCUT2D eigenvalue weighted by Crippen LogP contribution is -2.05. The summed E-state index contributed by atoms with van der Waals surface area (Å²) in [7, 11) is 0. The zero-order valence-corrected chi connectivity index (χ0v) is 10.2. The SMILES string of the molecule is C1CCC2(C1)CC2.C1CCC2(CC1)CC2. The number of hydrogen-bond donors (Lipinski definition) is 0. The lowest BCUT2D eigenvalue weighted by Gasteiger charge is -2.19. The average molecular weight is 206 g/mol. The maximum atomic E-state index is 1.56. The molecule has 0 aromatic rings. The van der Waals surface area contributed by atoms with Crippen molar-refractivity contribution in [1.29, 1.82) is 0 Å². The summed E-state index contributed by atoms with van der Waals surface area (Å²) < 4.78 is 0. The Morgan fingerprint density at radius 2 is 0.667 bits per heavy atom. The van der Waals surface area contributed by atoms with Gasteiger partial charge >= 0.3 is 0 Å². The average Bonchev–Trinajstić information content (AvgIpc) is 3.12. The molecule has 0 N–H and O–H groups in total. The Hall–Kier alpha value is 0. The van der Waals surface area contributed by atoms with Gasteiger partial charge in [0.05, 0.1) is 0 Å². The van der Waals surface area contributed by atoms with Crippen LogP contribution in [0.5, 0.6) is 0 Å². The topological polar surface area (TPSA) is 0 Å². The van der Waals surface area contributed by atoms with Gasteiger partial charge in [-0.15, -0.1) is 0 Å². The van der Waals surface area contributed by atoms with Gasteiger partial charge in [-0.1, -0.05) is 32.1 Å². The third kappa shape index (κ3) is 2.40. The third-order valence-electron chi connectivity index (χ3n) is 5.49. The van der Waals surface area contributed by atoms with E-state index in [0.29, 0.717) is 0 Å². The fourth-order valence-electron chi connectivity index (χ4n) is 3.78. The van der Waals surface area contributed by atoms with Crippen molar-refractivity contribution in [1.82, 2.24) is 0 Å². The summed E-state index contributed by atoms with van der Waals surface area (Å²) in [5.74, 6) is 0. The van der Waals surface area contributed by atoms with Gasteiger partial charge in [-0.3, -0.25) is 0 Å². The zero-order chi connectivity index (χ0) is 10.2. The smallest absolute Gasteiger partial charge is 0.0297 e. The van der Waals surface area contributed by atoms with Gasteiger partial charge in [0.1, 0.15) is 0 Å². The first-order valence-electron chi connectivity index (χ1n) is 7.33. The molecule has 4 rings (SSSR count). The minimum atomic E-state index is 0.929. The molecule has 4 fully saturated rings. The van der Waals surface area contributed by atoms with Crippen LogP contribution in [0.3, 0.4) is 0 Å². The quantitative estimate of drug-likeness (QED) is 0.519. The molecule has 0 amide bonds. The molecule has 0 unspecified atom stereocenters. The summed E-state index contributed by atoms with van der Waals surface area (Å²) in [6, 6.07) is 0. The second-order valence-corrected chi connectivity index (χ2v) is 6.77. The van der Waals surface area contributed by atoms with Gasteiger partial charge in [0.15, 0.2) is 0 Å². The molecule has 15 heavy (non-hydrogen) atoms. The molecular weight excluding hydrogens is 180 g/mol. The molecule has 0 atom stereocenters. The van der Waals surface area contributed by atoms with Gasteiger partial charge < -0.3 is 0 Å². The summed E-state index contributed by atoms with van der Waals surface area (Å²) in [6.07, 6.45) is 20.1. The lowest BCUT2D eigenvalue weighted by atomic mass is 9.87. The molecule has 0 saturated heterocycles. The molecule has 0 bridgehead atoms. The van der Waals surface area contributed by atoms with Crippen LogP contribution >= 0.6 is 0 Å². The highest BCUT2D eigenvalue weighted by Crippen LogP contribution is 2.57. The van der Waals surface area contributed by atoms with E-state index in [2.05, 4.69) is 0 Å². The van der Waals surface area contributed by atoms with Crippen LogP contribution in [0.25, 0.3) is 0 Å². The van der Waals surface area contributed by atoms with E-state index in [1.54, 1.807) is 51.4 Å². The molecule has 0 radical (unpaired) electrons. The van der Waals surface area contributed by atoms with Crippen LogP contribution in [0, 0.1) is 10.8 Å². The zero-order valence-electron chi connectivity index (χ0n) is 10.2. The van der Waals surface area contributed by atoms with Crippen molar-refractivity contribution in [2.24, 2.45) is 10.8 Å². The normalized spacial score (nSPS) is 33.6. The van der Waals surface area contributed by atoms with E-state index in [0.717, 1.165) is 10.8 Å². The van der Waals surface area contributed by atoms with Gasteiger partial charge in [0.25, 0.3) is 0 Å². The Morgan fingerprint density at radius 1 is 0.333 bits per heavy atom. The Bertz CT molecular complexity index is 204. The van der Waals surface area contributed by atoms with E-state index >= 15 is 0 Å². The molecule has 2 spiro atoms. The molecular formula is C15H26. The lowest BCUT2D eigenvalue weighted by molar-refractivity contribution is 0.337. The van der Waals surface area contributed by atoms with E-state index in [-0.39, 0.29) is 0 Å². The van der Waals surface area contributed by atoms with Crippen molar-refractivity contribution >= 4 is 0 Å². The highest BCUT2D eigenvalue weighted by molar-refractivity contribution is 4.96. The molecule has 0 heteroatoms. The summed E-state index contributed by atoms with van der Waals surface area (Å²) in [6.45, 7) is 0. The van der Waals surface area contributed by atoms with Crippen molar-refractivity contribution < 1.29 is 0 Å². The van der Waals surface area contributed by atoms with Crippen LogP contribution in [-0.4, -0.2) is 0 Å². The third-order valence-corrected chi connectivity index (χ3v) is 5.49. The van der Waals surface area contributed by atoms with E-state index < -0.39 is 0 Å². The minimum absolute atomic E-state index is 0.929. The van der Waals surface area contributed by atoms with Crippen molar-refractivity contribution in [3.8, 4) is 0 Å². The molecule has 0 nitrogen and oxygen atoms in total. The molecule has 0 aromatic heterocycles. The Labute approximate surface area is 94.8 Å². The van der Waals surface area contributed by atoms with E-state index in [4.69, 9.17) is 0 Å². The maximum Gasteiger partial charge on any atom is -0.0297 e. The molecule has 0 aliphatic heterocycles. The van der Waals surface area contributed by atoms with E-state index in [1.165, 1.54) is 32.1 Å². The van der Waals surface area contributed by atoms with Crippen molar-refractivity contribution in [3.63, 3.8) is 0 Å². The van der Waals surface area contributed by atoms with Gasteiger partial charge in [0, 0.05) is 0 Å². The largest absolute Gasteiger partial charge is 0.0533 e. The van der Waals surface area contributed by atoms with Crippen LogP contribution in [0.2, 0.25) is 0 Å². The summed E-state index contributed by atoms with van der Waals surface area (Å²) in [5, 5.41) is 0. The number of rotatable bonds is 0. The van der Waals surface area contributed by atoms with E-state index in [1.807, 2.05) is 0 Å². The van der Waals surface area contributed by atoms with Crippen molar-refractivity contribution in [2.45, 2.75) is 83.5 Å². The summed E-state index contributed by atoms with van der Waals surface area (Å²) >= 11 is 0. The highest BCUT2D eigenvalue weighted by atomic mass is 14.5. The Balaban J connectivity index is 0.0000000971. The molecule has 4 aliphatic carbocycles. The van der Waals surface area contributed by atoms with Crippen LogP contribution in [0.15, 0.2) is 0 Å². The summed E-state index contributed by atoms with van der Waals surface area (Å²) in [5.41, 5.74) is 1.87. The van der Waals surface area contributed by atoms with Gasteiger partial charge in [0.2, 0.25) is 0 Å². The molecule has 0 aromatic carbocycles. The first-order valence-corrected chi connectivity index (χ1v) is 7.33. The van der Waals surface area contributed by atoms with Gasteiger partial charge in [-0.25, -0.2) is 0 Å². The predicted octanol–water partition coefficient (Wildman–Crippen LogP) is 5.07. The molecule has 86 valence electrons. The van der Waals surface area contributed by atoms with Crippen molar-refractivity contribution in [2.75, 3.05) is 0 Å². The summed E-state index contributed by atoms with van der Waals surface area (Å²) in [4.78, 5) is 0.